The minimum atomic E-state index is 0.597. The van der Waals surface area contributed by atoms with Crippen LogP contribution in [0.15, 0.2) is 54.6 Å². The third-order valence-electron chi connectivity index (χ3n) is 4.02. The van der Waals surface area contributed by atoms with Gasteiger partial charge in [0.05, 0.1) is 0 Å². The van der Waals surface area contributed by atoms with Gasteiger partial charge >= 0.3 is 0 Å². The van der Waals surface area contributed by atoms with Crippen molar-refractivity contribution < 1.29 is 0 Å². The molecule has 0 bridgehead atoms. The van der Waals surface area contributed by atoms with E-state index in [1.165, 1.54) is 36.1 Å². The van der Waals surface area contributed by atoms with Gasteiger partial charge < -0.3 is 0 Å². The lowest BCUT2D eigenvalue weighted by molar-refractivity contribution is 0.248. The highest BCUT2D eigenvalue weighted by Crippen LogP contribution is 2.33. The molecular formula is C18H21N. The highest BCUT2D eigenvalue weighted by molar-refractivity contribution is 5.26. The molecular weight excluding hydrogens is 230 g/mol. The summed E-state index contributed by atoms with van der Waals surface area (Å²) in [7, 11) is 0. The van der Waals surface area contributed by atoms with E-state index >= 15 is 0 Å². The summed E-state index contributed by atoms with van der Waals surface area (Å²) in [5, 5.41) is 0. The fourth-order valence-electron chi connectivity index (χ4n) is 3.09. The molecule has 0 spiro atoms. The molecule has 0 aromatic heterocycles. The molecule has 0 saturated carbocycles. The van der Waals surface area contributed by atoms with Gasteiger partial charge in [-0.05, 0) is 37.4 Å². The van der Waals surface area contributed by atoms with Gasteiger partial charge in [-0.15, -0.1) is 0 Å². The average Bonchev–Trinajstić information content (AvgIpc) is 2.88. The Morgan fingerprint density at radius 3 is 2.68 bits per heavy atom. The Hall–Kier alpha value is -1.60. The Bertz CT molecular complexity index is 532. The molecule has 1 aliphatic rings. The molecule has 0 aliphatic carbocycles. The summed E-state index contributed by atoms with van der Waals surface area (Å²) in [5.74, 6) is 0. The maximum absolute atomic E-state index is 2.62. The molecule has 2 aromatic rings. The van der Waals surface area contributed by atoms with Crippen LogP contribution in [0.4, 0.5) is 0 Å². The lowest BCUT2D eigenvalue weighted by Gasteiger charge is -2.25. The number of hydrogen-bond acceptors (Lipinski definition) is 1. The van der Waals surface area contributed by atoms with Crippen LogP contribution in [0, 0.1) is 6.92 Å². The van der Waals surface area contributed by atoms with Crippen LogP contribution in [0.5, 0.6) is 0 Å². The highest BCUT2D eigenvalue weighted by atomic mass is 15.2. The fraction of sp³-hybridized carbons (Fsp3) is 0.333. The number of benzene rings is 2. The normalized spacial score (nSPS) is 19.7. The summed E-state index contributed by atoms with van der Waals surface area (Å²) in [6, 6.07) is 20.4. The number of likely N-dealkylation sites (tertiary alicyclic amines) is 1. The predicted octanol–water partition coefficient (Wildman–Crippen LogP) is 4.33. The van der Waals surface area contributed by atoms with Crippen molar-refractivity contribution in [1.29, 1.82) is 0 Å². The van der Waals surface area contributed by atoms with Gasteiger partial charge in [-0.2, -0.15) is 0 Å². The van der Waals surface area contributed by atoms with E-state index in [1.807, 2.05) is 0 Å². The Kier molecular flexibility index (Phi) is 3.65. The van der Waals surface area contributed by atoms with E-state index in [1.54, 1.807) is 0 Å². The third-order valence-corrected chi connectivity index (χ3v) is 4.02. The summed E-state index contributed by atoms with van der Waals surface area (Å²) >= 11 is 0. The summed E-state index contributed by atoms with van der Waals surface area (Å²) in [6.45, 7) is 4.47. The number of hydrogen-bond donors (Lipinski definition) is 0. The van der Waals surface area contributed by atoms with Crippen LogP contribution in [-0.4, -0.2) is 11.4 Å². The SMILES string of the molecule is Cc1cccc([C@H]2CCCN2Cc2ccccc2)c1. The molecule has 3 rings (SSSR count). The Morgan fingerprint density at radius 2 is 1.89 bits per heavy atom. The molecule has 1 atom stereocenters. The van der Waals surface area contributed by atoms with Crippen LogP contribution in [0.3, 0.4) is 0 Å². The summed E-state index contributed by atoms with van der Waals surface area (Å²) in [5.41, 5.74) is 4.26. The van der Waals surface area contributed by atoms with Gasteiger partial charge in [0.2, 0.25) is 0 Å². The van der Waals surface area contributed by atoms with Crippen LogP contribution in [-0.2, 0) is 6.54 Å². The molecule has 98 valence electrons. The molecule has 1 aliphatic heterocycles. The van der Waals surface area contributed by atoms with E-state index in [0.717, 1.165) is 6.54 Å². The van der Waals surface area contributed by atoms with Crippen LogP contribution >= 0.6 is 0 Å². The highest BCUT2D eigenvalue weighted by Gasteiger charge is 2.25. The first-order valence-electron chi connectivity index (χ1n) is 7.17. The molecule has 0 N–H and O–H groups in total. The van der Waals surface area contributed by atoms with Crippen molar-refractivity contribution in [2.75, 3.05) is 6.54 Å². The molecule has 0 radical (unpaired) electrons. The second-order valence-electron chi connectivity index (χ2n) is 5.53. The zero-order valence-electron chi connectivity index (χ0n) is 11.5. The van der Waals surface area contributed by atoms with Crippen LogP contribution in [0.25, 0.3) is 0 Å². The average molecular weight is 251 g/mol. The Morgan fingerprint density at radius 1 is 1.05 bits per heavy atom. The van der Waals surface area contributed by atoms with E-state index in [-0.39, 0.29) is 0 Å². The molecule has 19 heavy (non-hydrogen) atoms. The maximum atomic E-state index is 2.62. The fourth-order valence-corrected chi connectivity index (χ4v) is 3.09. The van der Waals surface area contributed by atoms with Gasteiger partial charge in [0.15, 0.2) is 0 Å². The molecule has 0 amide bonds. The third kappa shape index (κ3) is 2.87. The van der Waals surface area contributed by atoms with E-state index in [0.29, 0.717) is 6.04 Å². The van der Waals surface area contributed by atoms with Crippen molar-refractivity contribution in [1.82, 2.24) is 4.90 Å². The Balaban J connectivity index is 1.78. The van der Waals surface area contributed by atoms with Crippen molar-refractivity contribution >= 4 is 0 Å². The van der Waals surface area contributed by atoms with Gasteiger partial charge in [-0.25, -0.2) is 0 Å². The quantitative estimate of drug-likeness (QED) is 0.784. The van der Waals surface area contributed by atoms with Gasteiger partial charge in [0.1, 0.15) is 0 Å². The van der Waals surface area contributed by atoms with Crippen LogP contribution in [0.1, 0.15) is 35.6 Å². The van der Waals surface area contributed by atoms with Crippen molar-refractivity contribution in [3.63, 3.8) is 0 Å². The zero-order chi connectivity index (χ0) is 13.1. The second kappa shape index (κ2) is 5.58. The first-order valence-corrected chi connectivity index (χ1v) is 7.17. The topological polar surface area (TPSA) is 3.24 Å². The monoisotopic (exact) mass is 251 g/mol. The summed E-state index contributed by atoms with van der Waals surface area (Å²) in [6.07, 6.45) is 2.60. The molecule has 0 unspecified atom stereocenters. The lowest BCUT2D eigenvalue weighted by Crippen LogP contribution is -2.22. The molecule has 1 saturated heterocycles. The number of aryl methyl sites for hydroxylation is 1. The van der Waals surface area contributed by atoms with E-state index in [9.17, 15) is 0 Å². The second-order valence-corrected chi connectivity index (χ2v) is 5.53. The van der Waals surface area contributed by atoms with Crippen LogP contribution in [0.2, 0.25) is 0 Å². The molecule has 1 heterocycles. The van der Waals surface area contributed by atoms with Gasteiger partial charge in [0.25, 0.3) is 0 Å². The number of nitrogens with zero attached hydrogens (tertiary/aromatic N) is 1. The lowest BCUT2D eigenvalue weighted by atomic mass is 10.0. The van der Waals surface area contributed by atoms with Gasteiger partial charge in [0, 0.05) is 12.6 Å². The minimum absolute atomic E-state index is 0.597. The van der Waals surface area contributed by atoms with Gasteiger partial charge in [-0.1, -0.05) is 60.2 Å². The van der Waals surface area contributed by atoms with Crippen molar-refractivity contribution in [2.45, 2.75) is 32.4 Å². The smallest absolute Gasteiger partial charge is 0.0352 e. The minimum Gasteiger partial charge on any atom is -0.292 e. The molecule has 1 fully saturated rings. The molecule has 1 nitrogen and oxygen atoms in total. The van der Waals surface area contributed by atoms with Crippen molar-refractivity contribution in [2.24, 2.45) is 0 Å². The predicted molar refractivity (Wildman–Crippen MR) is 80.0 cm³/mol. The van der Waals surface area contributed by atoms with Crippen LogP contribution < -0.4 is 0 Å². The van der Waals surface area contributed by atoms with Crippen molar-refractivity contribution in [3.8, 4) is 0 Å². The van der Waals surface area contributed by atoms with E-state index in [4.69, 9.17) is 0 Å². The van der Waals surface area contributed by atoms with Gasteiger partial charge in [-0.3, -0.25) is 4.90 Å². The molecule has 2 aromatic carbocycles. The number of rotatable bonds is 3. The summed E-state index contributed by atoms with van der Waals surface area (Å²) in [4.78, 5) is 2.62. The largest absolute Gasteiger partial charge is 0.292 e. The first kappa shape index (κ1) is 12.4. The Labute approximate surface area is 115 Å². The zero-order valence-corrected chi connectivity index (χ0v) is 11.5. The van der Waals surface area contributed by atoms with Crippen molar-refractivity contribution in [3.05, 3.63) is 71.3 Å². The summed E-state index contributed by atoms with van der Waals surface area (Å²) < 4.78 is 0. The maximum Gasteiger partial charge on any atom is 0.0352 e. The first-order chi connectivity index (χ1) is 9.33. The van der Waals surface area contributed by atoms with E-state index in [2.05, 4.69) is 66.4 Å². The standard InChI is InChI=1S/C18H21N/c1-15-7-5-10-17(13-15)18-11-6-12-19(18)14-16-8-3-2-4-9-16/h2-5,7-10,13,18H,6,11-12,14H2,1H3/t18-/m1/s1. The molecule has 1 heteroatoms. The van der Waals surface area contributed by atoms with E-state index < -0.39 is 0 Å².